The lowest BCUT2D eigenvalue weighted by atomic mass is 10.2. The van der Waals surface area contributed by atoms with Crippen LogP contribution in [0.5, 0.6) is 0 Å². The van der Waals surface area contributed by atoms with Crippen LogP contribution in [0.3, 0.4) is 0 Å². The van der Waals surface area contributed by atoms with Gasteiger partial charge in [-0.3, -0.25) is 14.4 Å². The Morgan fingerprint density at radius 2 is 0.784 bits per heavy atom. The molecule has 0 radical (unpaired) electrons. The summed E-state index contributed by atoms with van der Waals surface area (Å²) in [4.78, 5) is 38.2. The first-order valence-corrected chi connectivity index (χ1v) is 13.9. The molecule has 37 heavy (non-hydrogen) atoms. The summed E-state index contributed by atoms with van der Waals surface area (Å²) in [7, 11) is 0. The fourth-order valence-electron chi connectivity index (χ4n) is 3.73. The smallest absolute Gasteiger partial charge is 0.219 e. The molecule has 0 rings (SSSR count). The van der Waals surface area contributed by atoms with Crippen LogP contribution in [0.1, 0.15) is 96.3 Å². The molecule has 0 spiro atoms. The van der Waals surface area contributed by atoms with Crippen molar-refractivity contribution in [2.45, 2.75) is 96.3 Å². The second-order valence-corrected chi connectivity index (χ2v) is 9.19. The van der Waals surface area contributed by atoms with Crippen LogP contribution in [0.4, 0.5) is 0 Å². The largest absolute Gasteiger partial charge is 0.356 e. The molecule has 0 fully saturated rings. The van der Waals surface area contributed by atoms with E-state index < -0.39 is 0 Å². The molecule has 0 aromatic heterocycles. The summed E-state index contributed by atoms with van der Waals surface area (Å²) < 4.78 is 0. The lowest BCUT2D eigenvalue weighted by Gasteiger charge is -2.22. The number of carbonyl (C=O) groups is 3. The highest BCUT2D eigenvalue weighted by Crippen LogP contribution is 2.02. The van der Waals surface area contributed by atoms with E-state index in [2.05, 4.69) is 38.6 Å². The predicted molar refractivity (Wildman–Crippen MR) is 151 cm³/mol. The molecule has 7 nitrogen and oxygen atoms in total. The molecule has 0 aliphatic carbocycles. The first-order valence-electron chi connectivity index (χ1n) is 13.9. The number of terminal acetylenes is 3. The molecule has 0 saturated heterocycles. The Kier molecular flexibility index (Phi) is 24.0. The first kappa shape index (κ1) is 34.0. The molecule has 3 N–H and O–H groups in total. The Hall–Kier alpha value is -2.95. The Bertz CT molecular complexity index is 646. The normalized spacial score (nSPS) is 10.2. The number of nitrogens with one attached hydrogen (secondary N) is 3. The maximum atomic E-state index is 11.9. The maximum Gasteiger partial charge on any atom is 0.219 e. The third kappa shape index (κ3) is 24.5. The highest BCUT2D eigenvalue weighted by molar-refractivity contribution is 5.76. The van der Waals surface area contributed by atoms with E-state index in [1.807, 2.05) is 0 Å². The van der Waals surface area contributed by atoms with Crippen molar-refractivity contribution in [1.82, 2.24) is 20.9 Å². The summed E-state index contributed by atoms with van der Waals surface area (Å²) >= 11 is 0. The lowest BCUT2D eigenvalue weighted by Crippen LogP contribution is -2.35. The average molecular weight is 513 g/mol. The topological polar surface area (TPSA) is 90.5 Å². The van der Waals surface area contributed by atoms with Gasteiger partial charge in [-0.15, -0.1) is 37.0 Å². The zero-order chi connectivity index (χ0) is 27.4. The van der Waals surface area contributed by atoms with Gasteiger partial charge in [0, 0.05) is 58.2 Å². The molecular formula is C30H48N4O3. The summed E-state index contributed by atoms with van der Waals surface area (Å²) in [5.74, 6) is 7.98. The van der Waals surface area contributed by atoms with Gasteiger partial charge in [-0.05, 0) is 77.4 Å². The van der Waals surface area contributed by atoms with E-state index in [9.17, 15) is 14.4 Å². The Labute approximate surface area is 225 Å². The monoisotopic (exact) mass is 512 g/mol. The van der Waals surface area contributed by atoms with Gasteiger partial charge in [0.2, 0.25) is 17.7 Å². The fourth-order valence-corrected chi connectivity index (χ4v) is 3.73. The molecule has 3 amide bonds. The molecule has 0 heterocycles. The number of hydrogen-bond acceptors (Lipinski definition) is 4. The van der Waals surface area contributed by atoms with Crippen LogP contribution < -0.4 is 16.0 Å². The van der Waals surface area contributed by atoms with Gasteiger partial charge in [0.05, 0.1) is 0 Å². The molecule has 7 heteroatoms. The highest BCUT2D eigenvalue weighted by Gasteiger charge is 2.08. The molecule has 0 unspecified atom stereocenters. The second-order valence-electron chi connectivity index (χ2n) is 9.19. The van der Waals surface area contributed by atoms with Gasteiger partial charge in [0.25, 0.3) is 0 Å². The minimum Gasteiger partial charge on any atom is -0.356 e. The number of unbranched alkanes of at least 4 members (excludes halogenated alkanes) is 6. The summed E-state index contributed by atoms with van der Waals surface area (Å²) in [6.45, 7) is 4.43. The minimum atomic E-state index is 0.0680. The molecular weight excluding hydrogens is 464 g/mol. The van der Waals surface area contributed by atoms with Crippen LogP contribution in [0.15, 0.2) is 0 Å². The van der Waals surface area contributed by atoms with E-state index in [-0.39, 0.29) is 17.7 Å². The van der Waals surface area contributed by atoms with E-state index in [4.69, 9.17) is 19.3 Å². The maximum absolute atomic E-state index is 11.9. The zero-order valence-corrected chi connectivity index (χ0v) is 22.8. The Morgan fingerprint density at radius 3 is 1.05 bits per heavy atom. The Morgan fingerprint density at radius 1 is 0.486 bits per heavy atom. The van der Waals surface area contributed by atoms with E-state index in [1.165, 1.54) is 0 Å². The molecule has 0 bridgehead atoms. The second kappa shape index (κ2) is 26.1. The van der Waals surface area contributed by atoms with Crippen molar-refractivity contribution in [2.24, 2.45) is 0 Å². The fraction of sp³-hybridized carbons (Fsp3) is 0.700. The minimum absolute atomic E-state index is 0.0680. The van der Waals surface area contributed by atoms with Gasteiger partial charge in [-0.2, -0.15) is 0 Å². The first-order chi connectivity index (χ1) is 18.0. The summed E-state index contributed by atoms with van der Waals surface area (Å²) in [6, 6.07) is 0. The van der Waals surface area contributed by atoms with Gasteiger partial charge in [-0.25, -0.2) is 0 Å². The molecule has 0 atom stereocenters. The number of carbonyl (C=O) groups excluding carboxylic acids is 3. The van der Waals surface area contributed by atoms with E-state index >= 15 is 0 Å². The quantitative estimate of drug-likeness (QED) is 0.137. The van der Waals surface area contributed by atoms with Crippen molar-refractivity contribution >= 4 is 17.7 Å². The molecule has 0 aliphatic rings. The van der Waals surface area contributed by atoms with Crippen molar-refractivity contribution in [1.29, 1.82) is 0 Å². The Balaban J connectivity index is 4.26. The van der Waals surface area contributed by atoms with Crippen LogP contribution >= 0.6 is 0 Å². The molecule has 206 valence electrons. The summed E-state index contributed by atoms with van der Waals surface area (Å²) in [5.41, 5.74) is 0. The zero-order valence-electron chi connectivity index (χ0n) is 22.8. The van der Waals surface area contributed by atoms with Crippen LogP contribution in [-0.4, -0.2) is 61.9 Å². The van der Waals surface area contributed by atoms with Gasteiger partial charge in [0.1, 0.15) is 0 Å². The SMILES string of the molecule is C#CCCCCC(=O)NCCCN(CCCNC(=O)CCCCC#C)CCCNC(=O)CCCCC#C. The number of amides is 3. The van der Waals surface area contributed by atoms with Gasteiger partial charge >= 0.3 is 0 Å². The average Bonchev–Trinajstić information content (AvgIpc) is 2.89. The van der Waals surface area contributed by atoms with Crippen LogP contribution in [0, 0.1) is 37.0 Å². The molecule has 0 aromatic carbocycles. The highest BCUT2D eigenvalue weighted by atomic mass is 16.2. The standard InChI is InChI=1S/C30H48N4O3/c1-4-7-10-13-19-28(35)31-22-16-25-34(26-17-23-32-29(36)20-14-11-8-5-2)27-18-24-33-30(37)21-15-12-9-6-3/h1-3H,7-27H2,(H,31,35)(H,32,36)(H,33,37). The van der Waals surface area contributed by atoms with E-state index in [1.54, 1.807) is 0 Å². The molecule has 0 aromatic rings. The lowest BCUT2D eigenvalue weighted by molar-refractivity contribution is -0.122. The summed E-state index contributed by atoms with van der Waals surface area (Å²) in [6.07, 6.45) is 27.0. The number of nitrogens with zero attached hydrogens (tertiary/aromatic N) is 1. The molecule has 0 saturated carbocycles. The van der Waals surface area contributed by atoms with Crippen LogP contribution in [-0.2, 0) is 14.4 Å². The van der Waals surface area contributed by atoms with Crippen molar-refractivity contribution in [2.75, 3.05) is 39.3 Å². The third-order valence-electron chi connectivity index (χ3n) is 5.84. The van der Waals surface area contributed by atoms with Crippen LogP contribution in [0.2, 0.25) is 0 Å². The molecule has 0 aliphatic heterocycles. The predicted octanol–water partition coefficient (Wildman–Crippen LogP) is 3.39. The summed E-state index contributed by atoms with van der Waals surface area (Å²) in [5, 5.41) is 8.94. The van der Waals surface area contributed by atoms with Gasteiger partial charge < -0.3 is 20.9 Å². The number of hydrogen-bond donors (Lipinski definition) is 3. The third-order valence-corrected chi connectivity index (χ3v) is 5.84. The van der Waals surface area contributed by atoms with Crippen molar-refractivity contribution in [3.05, 3.63) is 0 Å². The van der Waals surface area contributed by atoms with Gasteiger partial charge in [-0.1, -0.05) is 0 Å². The number of rotatable bonds is 24. The van der Waals surface area contributed by atoms with Crippen molar-refractivity contribution in [3.8, 4) is 37.0 Å². The van der Waals surface area contributed by atoms with Gasteiger partial charge in [0.15, 0.2) is 0 Å². The van der Waals surface area contributed by atoms with E-state index in [0.29, 0.717) is 58.2 Å². The van der Waals surface area contributed by atoms with Crippen molar-refractivity contribution in [3.63, 3.8) is 0 Å². The van der Waals surface area contributed by atoms with Crippen molar-refractivity contribution < 1.29 is 14.4 Å². The van der Waals surface area contributed by atoms with Crippen LogP contribution in [0.25, 0.3) is 0 Å². The van der Waals surface area contributed by atoms with E-state index in [0.717, 1.165) is 77.4 Å².